The Morgan fingerprint density at radius 2 is 2.13 bits per heavy atom. The molecule has 1 aliphatic heterocycles. The van der Waals surface area contributed by atoms with Crippen molar-refractivity contribution in [2.24, 2.45) is 5.73 Å². The molecule has 0 saturated carbocycles. The molecule has 0 spiro atoms. The molecule has 1 aliphatic rings. The van der Waals surface area contributed by atoms with Crippen LogP contribution in [0.5, 0.6) is 5.75 Å². The summed E-state index contributed by atoms with van der Waals surface area (Å²) < 4.78 is 24.2. The summed E-state index contributed by atoms with van der Waals surface area (Å²) in [5.74, 6) is -0.279. The maximum absolute atomic E-state index is 13.9. The number of carbonyl (C=O) groups excluding carboxylic acids is 1. The molecule has 1 heterocycles. The number of hydrogen-bond acceptors (Lipinski definition) is 4. The summed E-state index contributed by atoms with van der Waals surface area (Å²) >= 11 is 0. The van der Waals surface area contributed by atoms with Gasteiger partial charge in [0.2, 0.25) is 0 Å². The number of hydrogen-bond donors (Lipinski definition) is 1. The molecule has 2 N–H and O–H groups in total. The smallest absolute Gasteiger partial charge is 0.410 e. The Hall–Kier alpha value is -1.82. The summed E-state index contributed by atoms with van der Waals surface area (Å²) in [7, 11) is 1.42. The lowest BCUT2D eigenvalue weighted by Crippen LogP contribution is -2.44. The van der Waals surface area contributed by atoms with Gasteiger partial charge in [-0.05, 0) is 51.3 Å². The van der Waals surface area contributed by atoms with E-state index in [1.807, 2.05) is 20.8 Å². The molecule has 1 unspecified atom stereocenters. The SMILES string of the molecule is COc1ccc([C@H](N)C2CCCN2C(=O)OC(C)(C)C)cc1F. The van der Waals surface area contributed by atoms with Gasteiger partial charge in [-0.15, -0.1) is 0 Å². The summed E-state index contributed by atoms with van der Waals surface area (Å²) in [6.07, 6.45) is 1.26. The van der Waals surface area contributed by atoms with Crippen LogP contribution in [0.3, 0.4) is 0 Å². The second-order valence-corrected chi connectivity index (χ2v) is 6.80. The van der Waals surface area contributed by atoms with Crippen LogP contribution in [0.4, 0.5) is 9.18 Å². The third-order valence-electron chi connectivity index (χ3n) is 3.90. The Labute approximate surface area is 136 Å². The minimum Gasteiger partial charge on any atom is -0.494 e. The van der Waals surface area contributed by atoms with Crippen LogP contribution in [0.2, 0.25) is 0 Å². The molecule has 1 aromatic carbocycles. The highest BCUT2D eigenvalue weighted by Crippen LogP contribution is 2.31. The van der Waals surface area contributed by atoms with Gasteiger partial charge < -0.3 is 20.1 Å². The second-order valence-electron chi connectivity index (χ2n) is 6.80. The second kappa shape index (κ2) is 6.74. The van der Waals surface area contributed by atoms with Crippen LogP contribution in [-0.4, -0.2) is 36.3 Å². The first-order valence-corrected chi connectivity index (χ1v) is 7.81. The van der Waals surface area contributed by atoms with Gasteiger partial charge in [-0.1, -0.05) is 6.07 Å². The van der Waals surface area contributed by atoms with Gasteiger partial charge in [0.15, 0.2) is 11.6 Å². The van der Waals surface area contributed by atoms with Gasteiger partial charge in [-0.2, -0.15) is 0 Å². The molecule has 2 atom stereocenters. The van der Waals surface area contributed by atoms with Crippen molar-refractivity contribution in [1.29, 1.82) is 0 Å². The highest BCUT2D eigenvalue weighted by atomic mass is 19.1. The maximum atomic E-state index is 13.9. The number of amides is 1. The van der Waals surface area contributed by atoms with Crippen molar-refractivity contribution in [1.82, 2.24) is 4.90 Å². The first-order valence-electron chi connectivity index (χ1n) is 7.81. The quantitative estimate of drug-likeness (QED) is 0.927. The van der Waals surface area contributed by atoms with E-state index in [2.05, 4.69) is 0 Å². The molecule has 0 aliphatic carbocycles. The van der Waals surface area contributed by atoms with Crippen molar-refractivity contribution in [3.63, 3.8) is 0 Å². The van der Waals surface area contributed by atoms with Gasteiger partial charge in [-0.3, -0.25) is 0 Å². The number of rotatable bonds is 3. The fourth-order valence-electron chi connectivity index (χ4n) is 2.83. The lowest BCUT2D eigenvalue weighted by molar-refractivity contribution is 0.0206. The van der Waals surface area contributed by atoms with E-state index in [-0.39, 0.29) is 17.9 Å². The predicted octanol–water partition coefficient (Wildman–Crippen LogP) is 3.23. The van der Waals surface area contributed by atoms with Gasteiger partial charge in [0, 0.05) is 6.54 Å². The van der Waals surface area contributed by atoms with Crippen LogP contribution in [0, 0.1) is 5.82 Å². The van der Waals surface area contributed by atoms with E-state index in [1.165, 1.54) is 13.2 Å². The van der Waals surface area contributed by atoms with E-state index >= 15 is 0 Å². The number of nitrogens with zero attached hydrogens (tertiary/aromatic N) is 1. The molecule has 1 saturated heterocycles. The lowest BCUT2D eigenvalue weighted by Gasteiger charge is -2.31. The number of methoxy groups -OCH3 is 1. The highest BCUT2D eigenvalue weighted by molar-refractivity contribution is 5.69. The number of carbonyl (C=O) groups is 1. The molecule has 2 rings (SSSR count). The number of nitrogens with two attached hydrogens (primary N) is 1. The highest BCUT2D eigenvalue weighted by Gasteiger charge is 2.36. The van der Waals surface area contributed by atoms with Gasteiger partial charge in [0.05, 0.1) is 19.2 Å². The number of halogens is 1. The maximum Gasteiger partial charge on any atom is 0.410 e. The van der Waals surface area contributed by atoms with Crippen LogP contribution in [0.1, 0.15) is 45.2 Å². The van der Waals surface area contributed by atoms with Gasteiger partial charge in [-0.25, -0.2) is 9.18 Å². The molecule has 6 heteroatoms. The average molecular weight is 324 g/mol. The molecule has 23 heavy (non-hydrogen) atoms. The van der Waals surface area contributed by atoms with E-state index < -0.39 is 17.5 Å². The summed E-state index contributed by atoms with van der Waals surface area (Å²) in [6, 6.07) is 3.99. The molecule has 0 bridgehead atoms. The molecule has 1 amide bonds. The summed E-state index contributed by atoms with van der Waals surface area (Å²) in [4.78, 5) is 14.0. The summed E-state index contributed by atoms with van der Waals surface area (Å²) in [5.41, 5.74) is 6.38. The fraction of sp³-hybridized carbons (Fsp3) is 0.588. The molecule has 0 aromatic heterocycles. The van der Waals surface area contributed by atoms with Crippen molar-refractivity contribution < 1.29 is 18.7 Å². The molecule has 1 aromatic rings. The minimum absolute atomic E-state index is 0.177. The molecular formula is C17H25FN2O3. The number of benzene rings is 1. The zero-order chi connectivity index (χ0) is 17.2. The van der Waals surface area contributed by atoms with Crippen LogP contribution >= 0.6 is 0 Å². The summed E-state index contributed by atoms with van der Waals surface area (Å²) in [5, 5.41) is 0. The van der Waals surface area contributed by atoms with Crippen molar-refractivity contribution in [2.45, 2.75) is 51.3 Å². The van der Waals surface area contributed by atoms with Crippen molar-refractivity contribution in [3.05, 3.63) is 29.6 Å². The van der Waals surface area contributed by atoms with E-state index in [1.54, 1.807) is 17.0 Å². The van der Waals surface area contributed by atoms with Gasteiger partial charge in [0.1, 0.15) is 5.60 Å². The van der Waals surface area contributed by atoms with Crippen LogP contribution < -0.4 is 10.5 Å². The minimum atomic E-state index is -0.555. The third-order valence-corrected chi connectivity index (χ3v) is 3.90. The zero-order valence-electron chi connectivity index (χ0n) is 14.1. The van der Waals surface area contributed by atoms with E-state index in [9.17, 15) is 9.18 Å². The third kappa shape index (κ3) is 4.13. The van der Waals surface area contributed by atoms with Gasteiger partial charge >= 0.3 is 6.09 Å². The molecule has 128 valence electrons. The van der Waals surface area contributed by atoms with Crippen molar-refractivity contribution >= 4 is 6.09 Å². The van der Waals surface area contributed by atoms with E-state index in [0.717, 1.165) is 12.8 Å². The molecule has 1 fully saturated rings. The Kier molecular flexibility index (Phi) is 5.14. The Balaban J connectivity index is 2.15. The predicted molar refractivity (Wildman–Crippen MR) is 85.8 cm³/mol. The first kappa shape index (κ1) is 17.5. The molecule has 5 nitrogen and oxygen atoms in total. The van der Waals surface area contributed by atoms with Crippen molar-refractivity contribution in [2.75, 3.05) is 13.7 Å². The Morgan fingerprint density at radius 3 is 2.70 bits per heavy atom. The number of likely N-dealkylation sites (tertiary alicyclic amines) is 1. The van der Waals surface area contributed by atoms with E-state index in [0.29, 0.717) is 12.1 Å². The van der Waals surface area contributed by atoms with Crippen LogP contribution in [0.15, 0.2) is 18.2 Å². The van der Waals surface area contributed by atoms with Crippen LogP contribution in [0.25, 0.3) is 0 Å². The molecule has 0 radical (unpaired) electrons. The summed E-state index contributed by atoms with van der Waals surface area (Å²) in [6.45, 7) is 6.09. The molecular weight excluding hydrogens is 299 g/mol. The number of ether oxygens (including phenoxy) is 2. The monoisotopic (exact) mass is 324 g/mol. The van der Waals surface area contributed by atoms with Crippen LogP contribution in [-0.2, 0) is 4.74 Å². The van der Waals surface area contributed by atoms with Gasteiger partial charge in [0.25, 0.3) is 0 Å². The Morgan fingerprint density at radius 1 is 1.43 bits per heavy atom. The first-order chi connectivity index (χ1) is 10.7. The fourth-order valence-corrected chi connectivity index (χ4v) is 2.83. The largest absolute Gasteiger partial charge is 0.494 e. The Bertz CT molecular complexity index is 571. The van der Waals surface area contributed by atoms with Crippen molar-refractivity contribution in [3.8, 4) is 5.75 Å². The topological polar surface area (TPSA) is 64.8 Å². The average Bonchev–Trinajstić information content (AvgIpc) is 2.94. The standard InChI is InChI=1S/C17H25FN2O3/c1-17(2,3)23-16(21)20-9-5-6-13(20)15(19)11-7-8-14(22-4)12(18)10-11/h7-8,10,13,15H,5-6,9,19H2,1-4H3/t13?,15-/m0/s1. The lowest BCUT2D eigenvalue weighted by atomic mass is 9.98. The van der Waals surface area contributed by atoms with E-state index in [4.69, 9.17) is 15.2 Å². The zero-order valence-corrected chi connectivity index (χ0v) is 14.1. The normalized spacial score (nSPS) is 19.6.